The summed E-state index contributed by atoms with van der Waals surface area (Å²) in [7, 11) is 1.62. The highest BCUT2D eigenvalue weighted by atomic mass is 19.4. The Bertz CT molecular complexity index is 697. The van der Waals surface area contributed by atoms with Gasteiger partial charge in [-0.05, 0) is 24.3 Å². The molecule has 0 amide bonds. The predicted octanol–water partition coefficient (Wildman–Crippen LogP) is 3.44. The summed E-state index contributed by atoms with van der Waals surface area (Å²) in [6.45, 7) is 2.77. The molecule has 0 atom stereocenters. The molecule has 1 aliphatic rings. The first-order valence-electron chi connectivity index (χ1n) is 7.64. The number of benzene rings is 1. The predicted molar refractivity (Wildman–Crippen MR) is 86.7 cm³/mol. The average molecular weight is 337 g/mol. The Balaban J connectivity index is 1.69. The largest absolute Gasteiger partial charge is 0.497 e. The SMILES string of the molecule is COc1cccc(N2CCN(c3ccnc(C(F)(F)F)c3)CC2)c1. The molecule has 2 heterocycles. The van der Waals surface area contributed by atoms with E-state index in [0.29, 0.717) is 18.8 Å². The van der Waals surface area contributed by atoms with Gasteiger partial charge < -0.3 is 14.5 Å². The third-order valence-electron chi connectivity index (χ3n) is 4.10. The maximum atomic E-state index is 12.8. The molecule has 1 fully saturated rings. The standard InChI is InChI=1S/C17H18F3N3O/c1-24-15-4-2-3-13(11-15)22-7-9-23(10-8-22)14-5-6-21-16(12-14)17(18,19)20/h2-6,11-12H,7-10H2,1H3. The molecule has 3 rings (SSSR count). The Morgan fingerprint density at radius 1 is 0.958 bits per heavy atom. The summed E-state index contributed by atoms with van der Waals surface area (Å²) in [6.07, 6.45) is -3.20. The quantitative estimate of drug-likeness (QED) is 0.858. The van der Waals surface area contributed by atoms with E-state index < -0.39 is 11.9 Å². The van der Waals surface area contributed by atoms with Gasteiger partial charge >= 0.3 is 6.18 Å². The number of halogens is 3. The number of methoxy groups -OCH3 is 1. The highest BCUT2D eigenvalue weighted by Crippen LogP contribution is 2.30. The van der Waals surface area contributed by atoms with Crippen molar-refractivity contribution in [2.24, 2.45) is 0 Å². The maximum Gasteiger partial charge on any atom is 0.433 e. The third kappa shape index (κ3) is 3.55. The monoisotopic (exact) mass is 337 g/mol. The molecule has 0 aliphatic carbocycles. The van der Waals surface area contributed by atoms with E-state index in [-0.39, 0.29) is 0 Å². The smallest absolute Gasteiger partial charge is 0.433 e. The van der Waals surface area contributed by atoms with Crippen molar-refractivity contribution in [2.45, 2.75) is 6.18 Å². The summed E-state index contributed by atoms with van der Waals surface area (Å²) in [6, 6.07) is 10.5. The van der Waals surface area contributed by atoms with Crippen LogP contribution in [0.2, 0.25) is 0 Å². The zero-order chi connectivity index (χ0) is 17.2. The van der Waals surface area contributed by atoms with Gasteiger partial charge in [-0.15, -0.1) is 0 Å². The second-order valence-electron chi connectivity index (χ2n) is 5.57. The molecule has 0 unspecified atom stereocenters. The fourth-order valence-electron chi connectivity index (χ4n) is 2.80. The van der Waals surface area contributed by atoms with E-state index in [2.05, 4.69) is 9.88 Å². The van der Waals surface area contributed by atoms with Crippen molar-refractivity contribution in [3.05, 3.63) is 48.3 Å². The van der Waals surface area contributed by atoms with Gasteiger partial charge in [-0.3, -0.25) is 4.98 Å². The molecule has 0 radical (unpaired) electrons. The minimum absolute atomic E-state index is 0.558. The number of hydrogen-bond acceptors (Lipinski definition) is 4. The lowest BCUT2D eigenvalue weighted by Gasteiger charge is -2.37. The van der Waals surface area contributed by atoms with E-state index in [9.17, 15) is 13.2 Å². The fraction of sp³-hybridized carbons (Fsp3) is 0.353. The van der Waals surface area contributed by atoms with Crippen LogP contribution in [0.1, 0.15) is 5.69 Å². The molecule has 1 aliphatic heterocycles. The van der Waals surface area contributed by atoms with Crippen molar-refractivity contribution in [2.75, 3.05) is 43.1 Å². The van der Waals surface area contributed by atoms with Crippen LogP contribution in [0.5, 0.6) is 5.75 Å². The van der Waals surface area contributed by atoms with E-state index in [1.165, 1.54) is 6.20 Å². The van der Waals surface area contributed by atoms with Crippen LogP contribution in [0, 0.1) is 0 Å². The van der Waals surface area contributed by atoms with Gasteiger partial charge in [0.2, 0.25) is 0 Å². The van der Waals surface area contributed by atoms with Crippen molar-refractivity contribution in [3.8, 4) is 5.75 Å². The number of hydrogen-bond donors (Lipinski definition) is 0. The lowest BCUT2D eigenvalue weighted by atomic mass is 10.2. The zero-order valence-electron chi connectivity index (χ0n) is 13.3. The van der Waals surface area contributed by atoms with Crippen molar-refractivity contribution in [1.29, 1.82) is 0 Å². The second kappa shape index (κ2) is 6.59. The first-order chi connectivity index (χ1) is 11.5. The zero-order valence-corrected chi connectivity index (χ0v) is 13.3. The van der Waals surface area contributed by atoms with Gasteiger partial charge in [0.15, 0.2) is 0 Å². The topological polar surface area (TPSA) is 28.6 Å². The highest BCUT2D eigenvalue weighted by Gasteiger charge is 2.33. The Labute approximate surface area is 138 Å². The van der Waals surface area contributed by atoms with Gasteiger partial charge in [-0.25, -0.2) is 0 Å². The Morgan fingerprint density at radius 3 is 2.17 bits per heavy atom. The number of rotatable bonds is 3. The van der Waals surface area contributed by atoms with Crippen LogP contribution in [-0.2, 0) is 6.18 Å². The molecule has 0 N–H and O–H groups in total. The van der Waals surface area contributed by atoms with Crippen LogP contribution in [0.3, 0.4) is 0 Å². The number of pyridine rings is 1. The molecule has 0 spiro atoms. The van der Waals surface area contributed by atoms with Crippen LogP contribution in [0.25, 0.3) is 0 Å². The van der Waals surface area contributed by atoms with Crippen molar-refractivity contribution < 1.29 is 17.9 Å². The van der Waals surface area contributed by atoms with Crippen LogP contribution in [0.4, 0.5) is 24.5 Å². The number of alkyl halides is 3. The van der Waals surface area contributed by atoms with Gasteiger partial charge in [0.25, 0.3) is 0 Å². The Hall–Kier alpha value is -2.44. The van der Waals surface area contributed by atoms with Gasteiger partial charge in [0.05, 0.1) is 7.11 Å². The van der Waals surface area contributed by atoms with E-state index in [1.54, 1.807) is 13.2 Å². The molecule has 24 heavy (non-hydrogen) atoms. The molecule has 0 bridgehead atoms. The van der Waals surface area contributed by atoms with Crippen LogP contribution in [0.15, 0.2) is 42.6 Å². The molecule has 7 heteroatoms. The summed E-state index contributed by atoms with van der Waals surface area (Å²) in [5.41, 5.74) is 0.762. The van der Waals surface area contributed by atoms with E-state index in [1.807, 2.05) is 29.2 Å². The second-order valence-corrected chi connectivity index (χ2v) is 5.57. The molecule has 2 aromatic rings. The Kier molecular flexibility index (Phi) is 4.51. The van der Waals surface area contributed by atoms with E-state index in [4.69, 9.17) is 4.74 Å². The molecule has 0 saturated carbocycles. The molecule has 1 aromatic carbocycles. The number of ether oxygens (including phenoxy) is 1. The normalized spacial score (nSPS) is 15.5. The summed E-state index contributed by atoms with van der Waals surface area (Å²) >= 11 is 0. The number of anilines is 2. The van der Waals surface area contributed by atoms with E-state index in [0.717, 1.165) is 30.6 Å². The Morgan fingerprint density at radius 2 is 1.58 bits per heavy atom. The van der Waals surface area contributed by atoms with Crippen molar-refractivity contribution in [1.82, 2.24) is 4.98 Å². The number of aromatic nitrogens is 1. The summed E-state index contributed by atoms with van der Waals surface area (Å²) in [5.74, 6) is 0.791. The molecule has 128 valence electrons. The average Bonchev–Trinajstić information content (AvgIpc) is 2.61. The van der Waals surface area contributed by atoms with Crippen LogP contribution < -0.4 is 14.5 Å². The summed E-state index contributed by atoms with van der Waals surface area (Å²) in [4.78, 5) is 7.56. The maximum absolute atomic E-state index is 12.8. The van der Waals surface area contributed by atoms with Gasteiger partial charge in [-0.1, -0.05) is 6.07 Å². The molecule has 4 nitrogen and oxygen atoms in total. The minimum Gasteiger partial charge on any atom is -0.497 e. The van der Waals surface area contributed by atoms with Crippen molar-refractivity contribution in [3.63, 3.8) is 0 Å². The summed E-state index contributed by atoms with van der Waals surface area (Å²) in [5, 5.41) is 0. The highest BCUT2D eigenvalue weighted by molar-refractivity contribution is 5.54. The van der Waals surface area contributed by atoms with Crippen LogP contribution in [-0.4, -0.2) is 38.3 Å². The number of piperazine rings is 1. The lowest BCUT2D eigenvalue weighted by Crippen LogP contribution is -2.46. The third-order valence-corrected chi connectivity index (χ3v) is 4.10. The molecule has 1 saturated heterocycles. The first-order valence-corrected chi connectivity index (χ1v) is 7.64. The lowest BCUT2D eigenvalue weighted by molar-refractivity contribution is -0.141. The van der Waals surface area contributed by atoms with E-state index >= 15 is 0 Å². The molecule has 1 aromatic heterocycles. The first kappa shape index (κ1) is 16.4. The minimum atomic E-state index is -4.42. The van der Waals surface area contributed by atoms with Crippen LogP contribution >= 0.6 is 0 Å². The number of nitrogens with zero attached hydrogens (tertiary/aromatic N) is 3. The molecular weight excluding hydrogens is 319 g/mol. The van der Waals surface area contributed by atoms with Gasteiger partial charge in [-0.2, -0.15) is 13.2 Å². The van der Waals surface area contributed by atoms with Gasteiger partial charge in [0, 0.05) is 49.8 Å². The molecular formula is C17H18F3N3O. The fourth-order valence-corrected chi connectivity index (χ4v) is 2.80. The van der Waals surface area contributed by atoms with Gasteiger partial charge in [0.1, 0.15) is 11.4 Å². The van der Waals surface area contributed by atoms with Crippen molar-refractivity contribution >= 4 is 11.4 Å². The summed E-state index contributed by atoms with van der Waals surface area (Å²) < 4.78 is 43.6.